The molecule has 0 saturated carbocycles. The third-order valence-corrected chi connectivity index (χ3v) is 2.67. The van der Waals surface area contributed by atoms with Gasteiger partial charge in [-0.3, -0.25) is 14.9 Å². The smallest absolute Gasteiger partial charge is 0.270 e. The van der Waals surface area contributed by atoms with E-state index >= 15 is 0 Å². The number of amides is 1. The minimum absolute atomic E-state index is 0.0741. The maximum Gasteiger partial charge on any atom is 0.270 e. The van der Waals surface area contributed by atoms with Crippen molar-refractivity contribution in [3.05, 3.63) is 57.1 Å². The number of carbonyl (C=O) groups excluding carboxylic acids is 1. The molecule has 0 spiro atoms. The number of rotatable bonds is 5. The quantitative estimate of drug-likeness (QED) is 0.390. The maximum absolute atomic E-state index is 11.6. The third kappa shape index (κ3) is 4.22. The predicted molar refractivity (Wildman–Crippen MR) is 75.0 cm³/mol. The molecule has 0 aliphatic carbocycles. The summed E-state index contributed by atoms with van der Waals surface area (Å²) in [5, 5.41) is 13.6. The molecule has 0 aliphatic rings. The molecule has 0 radical (unpaired) electrons. The standard InChI is InChI=1S/C13H13ClN2O3/c1-3-6-15-13(17)9(2)7-10-8-11(16(18)19)4-5-12(10)14/h3-5,7-8H,1,6H2,2H3,(H,15,17). The normalized spacial score (nSPS) is 10.9. The van der Waals surface area contributed by atoms with Gasteiger partial charge in [0.25, 0.3) is 5.69 Å². The molecule has 100 valence electrons. The van der Waals surface area contributed by atoms with E-state index in [2.05, 4.69) is 11.9 Å². The zero-order valence-corrected chi connectivity index (χ0v) is 11.1. The Morgan fingerprint density at radius 3 is 2.84 bits per heavy atom. The molecule has 0 aliphatic heterocycles. The van der Waals surface area contributed by atoms with Gasteiger partial charge in [-0.1, -0.05) is 17.7 Å². The second-order valence-corrected chi connectivity index (χ2v) is 4.20. The van der Waals surface area contributed by atoms with Crippen molar-refractivity contribution >= 4 is 29.3 Å². The summed E-state index contributed by atoms with van der Waals surface area (Å²) in [5.41, 5.74) is 0.765. The van der Waals surface area contributed by atoms with Crippen LogP contribution in [-0.4, -0.2) is 17.4 Å². The highest BCUT2D eigenvalue weighted by Gasteiger charge is 2.10. The Morgan fingerprint density at radius 1 is 1.58 bits per heavy atom. The van der Waals surface area contributed by atoms with Gasteiger partial charge in [0.1, 0.15) is 0 Å². The highest BCUT2D eigenvalue weighted by atomic mass is 35.5. The third-order valence-electron chi connectivity index (χ3n) is 2.33. The first-order valence-corrected chi connectivity index (χ1v) is 5.85. The lowest BCUT2D eigenvalue weighted by atomic mass is 10.1. The number of non-ortho nitro benzene ring substituents is 1. The summed E-state index contributed by atoms with van der Waals surface area (Å²) in [5.74, 6) is -0.275. The van der Waals surface area contributed by atoms with Gasteiger partial charge in [-0.05, 0) is 19.1 Å². The van der Waals surface area contributed by atoms with E-state index in [1.807, 2.05) is 0 Å². The van der Waals surface area contributed by atoms with Crippen molar-refractivity contribution in [2.45, 2.75) is 6.92 Å². The number of carbonyl (C=O) groups is 1. The first kappa shape index (κ1) is 14.9. The molecule has 1 N–H and O–H groups in total. The van der Waals surface area contributed by atoms with Crippen molar-refractivity contribution in [1.82, 2.24) is 5.32 Å². The van der Waals surface area contributed by atoms with Crippen molar-refractivity contribution in [3.63, 3.8) is 0 Å². The molecular weight excluding hydrogens is 268 g/mol. The van der Waals surface area contributed by atoms with Crippen molar-refractivity contribution in [3.8, 4) is 0 Å². The summed E-state index contributed by atoms with van der Waals surface area (Å²) < 4.78 is 0. The molecule has 0 fully saturated rings. The molecule has 1 aromatic rings. The van der Waals surface area contributed by atoms with E-state index in [4.69, 9.17) is 11.6 Å². The van der Waals surface area contributed by atoms with Crippen LogP contribution in [0.5, 0.6) is 0 Å². The number of benzene rings is 1. The SMILES string of the molecule is C=CCNC(=O)C(C)=Cc1cc([N+](=O)[O-])ccc1Cl. The van der Waals surface area contributed by atoms with Crippen LogP contribution in [-0.2, 0) is 4.79 Å². The van der Waals surface area contributed by atoms with Gasteiger partial charge in [0.15, 0.2) is 0 Å². The van der Waals surface area contributed by atoms with Gasteiger partial charge in [-0.25, -0.2) is 0 Å². The number of nitro benzene ring substituents is 1. The van der Waals surface area contributed by atoms with Crippen molar-refractivity contribution < 1.29 is 9.72 Å². The maximum atomic E-state index is 11.6. The van der Waals surface area contributed by atoms with Gasteiger partial charge < -0.3 is 5.32 Å². The van der Waals surface area contributed by atoms with Crippen LogP contribution in [0.2, 0.25) is 5.02 Å². The zero-order chi connectivity index (χ0) is 14.4. The fraction of sp³-hybridized carbons (Fsp3) is 0.154. The van der Waals surface area contributed by atoms with Crippen molar-refractivity contribution in [2.24, 2.45) is 0 Å². The van der Waals surface area contributed by atoms with E-state index < -0.39 is 4.92 Å². The van der Waals surface area contributed by atoms with Gasteiger partial charge in [0.05, 0.1) is 4.92 Å². The predicted octanol–water partition coefficient (Wildman–Crippen LogP) is 2.95. The Hall–Kier alpha value is -2.14. The Balaban J connectivity index is 3.02. The number of nitrogens with one attached hydrogen (secondary N) is 1. The highest BCUT2D eigenvalue weighted by molar-refractivity contribution is 6.32. The summed E-state index contributed by atoms with van der Waals surface area (Å²) >= 11 is 5.94. The topological polar surface area (TPSA) is 72.2 Å². The van der Waals surface area contributed by atoms with E-state index in [-0.39, 0.29) is 11.6 Å². The minimum Gasteiger partial charge on any atom is -0.349 e. The summed E-state index contributed by atoms with van der Waals surface area (Å²) in [6.45, 7) is 5.45. The molecule has 6 heteroatoms. The van der Waals surface area contributed by atoms with Crippen LogP contribution < -0.4 is 5.32 Å². The average molecular weight is 281 g/mol. The number of nitrogens with zero attached hydrogens (tertiary/aromatic N) is 1. The molecule has 0 aromatic heterocycles. The largest absolute Gasteiger partial charge is 0.349 e. The van der Waals surface area contributed by atoms with Crippen LogP contribution in [0, 0.1) is 10.1 Å². The van der Waals surface area contributed by atoms with Crippen LogP contribution in [0.25, 0.3) is 6.08 Å². The van der Waals surface area contributed by atoms with Crippen LogP contribution in [0.4, 0.5) is 5.69 Å². The molecule has 0 heterocycles. The van der Waals surface area contributed by atoms with E-state index in [0.717, 1.165) is 0 Å². The summed E-state index contributed by atoms with van der Waals surface area (Å²) in [6, 6.07) is 4.07. The van der Waals surface area contributed by atoms with Gasteiger partial charge in [0.2, 0.25) is 5.91 Å². The van der Waals surface area contributed by atoms with Gasteiger partial charge in [-0.15, -0.1) is 6.58 Å². The summed E-state index contributed by atoms with van der Waals surface area (Å²) in [7, 11) is 0. The Morgan fingerprint density at radius 2 is 2.26 bits per heavy atom. The first-order chi connectivity index (χ1) is 8.95. The fourth-order valence-corrected chi connectivity index (χ4v) is 1.53. The number of hydrogen-bond acceptors (Lipinski definition) is 3. The molecule has 0 atom stereocenters. The molecule has 5 nitrogen and oxygen atoms in total. The molecule has 1 amide bonds. The molecule has 0 unspecified atom stereocenters. The van der Waals surface area contributed by atoms with Crippen LogP contribution in [0.3, 0.4) is 0 Å². The lowest BCUT2D eigenvalue weighted by molar-refractivity contribution is -0.384. The zero-order valence-electron chi connectivity index (χ0n) is 10.4. The second kappa shape index (κ2) is 6.70. The molecular formula is C13H13ClN2O3. The van der Waals surface area contributed by atoms with Gasteiger partial charge >= 0.3 is 0 Å². The Kier molecular flexibility index (Phi) is 5.26. The van der Waals surface area contributed by atoms with E-state index in [1.54, 1.807) is 13.0 Å². The number of nitro groups is 1. The second-order valence-electron chi connectivity index (χ2n) is 3.79. The van der Waals surface area contributed by atoms with Gasteiger partial charge in [0, 0.05) is 34.8 Å². The van der Waals surface area contributed by atoms with Crippen molar-refractivity contribution in [1.29, 1.82) is 0 Å². The molecule has 0 saturated heterocycles. The lowest BCUT2D eigenvalue weighted by Crippen LogP contribution is -2.23. The Bertz CT molecular complexity index is 553. The van der Waals surface area contributed by atoms with Crippen molar-refractivity contribution in [2.75, 3.05) is 6.54 Å². The van der Waals surface area contributed by atoms with Crippen LogP contribution >= 0.6 is 11.6 Å². The van der Waals surface area contributed by atoms with Crippen LogP contribution in [0.1, 0.15) is 12.5 Å². The lowest BCUT2D eigenvalue weighted by Gasteiger charge is -2.04. The number of halogens is 1. The fourth-order valence-electron chi connectivity index (χ4n) is 1.36. The molecule has 1 aromatic carbocycles. The van der Waals surface area contributed by atoms with E-state index in [9.17, 15) is 14.9 Å². The monoisotopic (exact) mass is 280 g/mol. The average Bonchev–Trinajstić information content (AvgIpc) is 2.38. The minimum atomic E-state index is -0.513. The highest BCUT2D eigenvalue weighted by Crippen LogP contribution is 2.24. The molecule has 1 rings (SSSR count). The Labute approximate surface area is 115 Å². The summed E-state index contributed by atoms with van der Waals surface area (Å²) in [6.07, 6.45) is 3.07. The molecule has 0 bridgehead atoms. The number of hydrogen-bond donors (Lipinski definition) is 1. The molecule has 19 heavy (non-hydrogen) atoms. The van der Waals surface area contributed by atoms with Crippen LogP contribution in [0.15, 0.2) is 36.4 Å². The summed E-state index contributed by atoms with van der Waals surface area (Å²) in [4.78, 5) is 21.8. The van der Waals surface area contributed by atoms with E-state index in [1.165, 1.54) is 24.3 Å². The first-order valence-electron chi connectivity index (χ1n) is 5.47. The van der Waals surface area contributed by atoms with Gasteiger partial charge in [-0.2, -0.15) is 0 Å². The van der Waals surface area contributed by atoms with E-state index in [0.29, 0.717) is 22.7 Å².